The highest BCUT2D eigenvalue weighted by molar-refractivity contribution is 7.09. The molecular weight excluding hydrogens is 366 g/mol. The zero-order chi connectivity index (χ0) is 18.8. The van der Waals surface area contributed by atoms with E-state index in [4.69, 9.17) is 14.0 Å². The van der Waals surface area contributed by atoms with Crippen LogP contribution < -0.4 is 9.47 Å². The molecule has 0 radical (unpaired) electrons. The number of carbonyl (C=O) groups excluding carboxylic acids is 1. The molecule has 1 atom stereocenters. The molecule has 1 aliphatic rings. The molecule has 1 amide bonds. The van der Waals surface area contributed by atoms with Crippen LogP contribution in [0.4, 0.5) is 0 Å². The summed E-state index contributed by atoms with van der Waals surface area (Å²) < 4.78 is 16.0. The van der Waals surface area contributed by atoms with Gasteiger partial charge >= 0.3 is 0 Å². The standard InChI is InChI=1S/C19H19N3O4S/c1-24-14-6-12(7-15(9-14)25-2)18-20-19(26-21-18)13-8-17(23)22(10-13)11-16-4-3-5-27-16/h3-7,9,13H,8,10-11H2,1-2H3. The van der Waals surface area contributed by atoms with Crippen molar-refractivity contribution >= 4 is 17.2 Å². The lowest BCUT2D eigenvalue weighted by Gasteiger charge is -2.14. The summed E-state index contributed by atoms with van der Waals surface area (Å²) in [6.45, 7) is 1.21. The van der Waals surface area contributed by atoms with Crippen molar-refractivity contribution in [1.29, 1.82) is 0 Å². The van der Waals surface area contributed by atoms with Crippen LogP contribution in [-0.2, 0) is 11.3 Å². The number of amides is 1. The van der Waals surface area contributed by atoms with Crippen molar-refractivity contribution < 1.29 is 18.8 Å². The van der Waals surface area contributed by atoms with E-state index in [1.165, 1.54) is 4.88 Å². The maximum atomic E-state index is 12.3. The highest BCUT2D eigenvalue weighted by Gasteiger charge is 2.34. The Hall–Kier alpha value is -2.87. The predicted octanol–water partition coefficient (Wildman–Crippen LogP) is 3.33. The van der Waals surface area contributed by atoms with E-state index in [9.17, 15) is 4.79 Å². The molecule has 0 N–H and O–H groups in total. The number of benzene rings is 1. The van der Waals surface area contributed by atoms with Gasteiger partial charge in [0.05, 0.1) is 26.7 Å². The number of carbonyl (C=O) groups is 1. The van der Waals surface area contributed by atoms with Gasteiger partial charge in [-0.25, -0.2) is 0 Å². The number of hydrogen-bond donors (Lipinski definition) is 0. The number of aromatic nitrogens is 2. The molecule has 8 heteroatoms. The quantitative estimate of drug-likeness (QED) is 0.648. The summed E-state index contributed by atoms with van der Waals surface area (Å²) in [5.74, 6) is 2.24. The number of likely N-dealkylation sites (tertiary alicyclic amines) is 1. The zero-order valence-electron chi connectivity index (χ0n) is 15.0. The molecule has 7 nitrogen and oxygen atoms in total. The minimum Gasteiger partial charge on any atom is -0.497 e. The van der Waals surface area contributed by atoms with Gasteiger partial charge in [0.2, 0.25) is 17.6 Å². The van der Waals surface area contributed by atoms with Gasteiger partial charge in [0.25, 0.3) is 0 Å². The minimum absolute atomic E-state index is 0.0915. The number of hydrogen-bond acceptors (Lipinski definition) is 7. The molecule has 1 aliphatic heterocycles. The van der Waals surface area contributed by atoms with Crippen molar-refractivity contribution in [3.63, 3.8) is 0 Å². The summed E-state index contributed by atoms with van der Waals surface area (Å²) in [6.07, 6.45) is 0.383. The molecular formula is C19H19N3O4S. The molecule has 1 unspecified atom stereocenters. The monoisotopic (exact) mass is 385 g/mol. The Morgan fingerprint density at radius 1 is 1.26 bits per heavy atom. The lowest BCUT2D eigenvalue weighted by Crippen LogP contribution is -2.23. The van der Waals surface area contributed by atoms with Crippen LogP contribution in [0.2, 0.25) is 0 Å². The van der Waals surface area contributed by atoms with Crippen LogP contribution in [0.5, 0.6) is 11.5 Å². The summed E-state index contributed by atoms with van der Waals surface area (Å²) in [5, 5.41) is 6.10. The second-order valence-electron chi connectivity index (χ2n) is 6.31. The topological polar surface area (TPSA) is 77.7 Å². The predicted molar refractivity (Wildman–Crippen MR) is 99.9 cm³/mol. The first-order valence-electron chi connectivity index (χ1n) is 8.53. The number of nitrogens with zero attached hydrogens (tertiary/aromatic N) is 3. The van der Waals surface area contributed by atoms with Crippen molar-refractivity contribution in [2.24, 2.45) is 0 Å². The highest BCUT2D eigenvalue weighted by atomic mass is 32.1. The molecule has 1 fully saturated rings. The Bertz CT molecular complexity index is 916. The summed E-state index contributed by atoms with van der Waals surface area (Å²) in [4.78, 5) is 19.9. The Morgan fingerprint density at radius 3 is 2.70 bits per heavy atom. The molecule has 140 valence electrons. The number of thiophene rings is 1. The Morgan fingerprint density at radius 2 is 2.04 bits per heavy atom. The van der Waals surface area contributed by atoms with Crippen molar-refractivity contribution in [1.82, 2.24) is 15.0 Å². The van der Waals surface area contributed by atoms with Crippen molar-refractivity contribution in [2.45, 2.75) is 18.9 Å². The summed E-state index contributed by atoms with van der Waals surface area (Å²) in [6, 6.07) is 9.44. The molecule has 3 heterocycles. The molecule has 1 aromatic carbocycles. The maximum Gasteiger partial charge on any atom is 0.232 e. The third-order valence-electron chi connectivity index (χ3n) is 4.54. The Balaban J connectivity index is 1.52. The lowest BCUT2D eigenvalue weighted by molar-refractivity contribution is -0.128. The van der Waals surface area contributed by atoms with E-state index in [1.807, 2.05) is 34.5 Å². The molecule has 3 aromatic rings. The molecule has 2 aromatic heterocycles. The van der Waals surface area contributed by atoms with Crippen molar-refractivity contribution in [3.8, 4) is 22.9 Å². The second kappa shape index (κ2) is 7.40. The SMILES string of the molecule is COc1cc(OC)cc(-c2noc(C3CC(=O)N(Cc4cccs4)C3)n2)c1. The van der Waals surface area contributed by atoms with Gasteiger partial charge in [-0.3, -0.25) is 4.79 Å². The van der Waals surface area contributed by atoms with E-state index in [1.54, 1.807) is 31.6 Å². The molecule has 1 saturated heterocycles. The van der Waals surface area contributed by atoms with Gasteiger partial charge in [-0.1, -0.05) is 11.2 Å². The smallest absolute Gasteiger partial charge is 0.232 e. The van der Waals surface area contributed by atoms with Crippen LogP contribution in [0.15, 0.2) is 40.2 Å². The first-order valence-corrected chi connectivity index (χ1v) is 9.41. The summed E-state index contributed by atoms with van der Waals surface area (Å²) in [5.41, 5.74) is 0.737. The van der Waals surface area contributed by atoms with E-state index >= 15 is 0 Å². The van der Waals surface area contributed by atoms with Gasteiger partial charge in [0.1, 0.15) is 11.5 Å². The fourth-order valence-electron chi connectivity index (χ4n) is 3.14. The zero-order valence-corrected chi connectivity index (χ0v) is 15.9. The van der Waals surface area contributed by atoms with Gasteiger partial charge in [0, 0.05) is 29.5 Å². The lowest BCUT2D eigenvalue weighted by atomic mass is 10.1. The average molecular weight is 385 g/mol. The molecule has 0 bridgehead atoms. The molecule has 4 rings (SSSR count). The molecule has 0 aliphatic carbocycles. The van der Waals surface area contributed by atoms with Crippen LogP contribution in [0, 0.1) is 0 Å². The average Bonchev–Trinajstić information content (AvgIpc) is 3.43. The van der Waals surface area contributed by atoms with E-state index in [-0.39, 0.29) is 11.8 Å². The van der Waals surface area contributed by atoms with Gasteiger partial charge in [-0.2, -0.15) is 4.98 Å². The van der Waals surface area contributed by atoms with Crippen LogP contribution in [0.3, 0.4) is 0 Å². The van der Waals surface area contributed by atoms with Crippen LogP contribution >= 0.6 is 11.3 Å². The second-order valence-corrected chi connectivity index (χ2v) is 7.34. The van der Waals surface area contributed by atoms with E-state index in [0.29, 0.717) is 42.7 Å². The van der Waals surface area contributed by atoms with Crippen LogP contribution in [0.25, 0.3) is 11.4 Å². The van der Waals surface area contributed by atoms with Gasteiger partial charge < -0.3 is 18.9 Å². The largest absolute Gasteiger partial charge is 0.497 e. The normalized spacial score (nSPS) is 16.7. The third kappa shape index (κ3) is 3.66. The number of ether oxygens (including phenoxy) is 2. The Labute approximate surface area is 160 Å². The van der Waals surface area contributed by atoms with Crippen LogP contribution in [0.1, 0.15) is 23.1 Å². The molecule has 0 spiro atoms. The maximum absolute atomic E-state index is 12.3. The van der Waals surface area contributed by atoms with E-state index in [0.717, 1.165) is 5.56 Å². The van der Waals surface area contributed by atoms with Crippen LogP contribution in [-0.4, -0.2) is 41.7 Å². The first kappa shape index (κ1) is 17.5. The third-order valence-corrected chi connectivity index (χ3v) is 5.40. The number of methoxy groups -OCH3 is 2. The van der Waals surface area contributed by atoms with Gasteiger partial charge in [0.15, 0.2) is 0 Å². The van der Waals surface area contributed by atoms with E-state index in [2.05, 4.69) is 10.1 Å². The highest BCUT2D eigenvalue weighted by Crippen LogP contribution is 2.32. The number of rotatable bonds is 6. The van der Waals surface area contributed by atoms with Gasteiger partial charge in [-0.05, 0) is 23.6 Å². The fraction of sp³-hybridized carbons (Fsp3) is 0.316. The fourth-order valence-corrected chi connectivity index (χ4v) is 3.86. The van der Waals surface area contributed by atoms with Gasteiger partial charge in [-0.15, -0.1) is 11.3 Å². The summed E-state index contributed by atoms with van der Waals surface area (Å²) in [7, 11) is 3.18. The Kier molecular flexibility index (Phi) is 4.81. The van der Waals surface area contributed by atoms with Crippen molar-refractivity contribution in [3.05, 3.63) is 46.5 Å². The van der Waals surface area contributed by atoms with E-state index < -0.39 is 0 Å². The van der Waals surface area contributed by atoms with Crippen molar-refractivity contribution in [2.75, 3.05) is 20.8 Å². The minimum atomic E-state index is -0.0915. The first-order chi connectivity index (χ1) is 13.2. The summed E-state index contributed by atoms with van der Waals surface area (Å²) >= 11 is 1.65. The molecule has 27 heavy (non-hydrogen) atoms. The molecule has 0 saturated carbocycles.